The van der Waals surface area contributed by atoms with Gasteiger partial charge in [-0.25, -0.2) is 4.98 Å². The van der Waals surface area contributed by atoms with Crippen LogP contribution >= 0.6 is 12.2 Å². The molecule has 0 bridgehead atoms. The summed E-state index contributed by atoms with van der Waals surface area (Å²) < 4.78 is 18.0. The molecule has 0 unspecified atom stereocenters. The van der Waals surface area contributed by atoms with Crippen LogP contribution in [-0.2, 0) is 6.54 Å². The Balaban J connectivity index is 1.49. The van der Waals surface area contributed by atoms with Crippen LogP contribution in [-0.4, -0.2) is 46.4 Å². The van der Waals surface area contributed by atoms with Crippen molar-refractivity contribution in [2.75, 3.05) is 26.5 Å². The predicted molar refractivity (Wildman–Crippen MR) is 120 cm³/mol. The average molecular weight is 452 g/mol. The van der Waals surface area contributed by atoms with Crippen molar-refractivity contribution >= 4 is 34.8 Å². The highest BCUT2D eigenvalue weighted by molar-refractivity contribution is 7.71. The number of benzene rings is 2. The van der Waals surface area contributed by atoms with Crippen LogP contribution in [0.1, 0.15) is 10.7 Å². The van der Waals surface area contributed by atoms with E-state index in [1.54, 1.807) is 30.9 Å². The second kappa shape index (κ2) is 9.02. The second-order valence-corrected chi connectivity index (χ2v) is 7.06. The third kappa shape index (κ3) is 4.10. The van der Waals surface area contributed by atoms with Crippen LogP contribution in [0.25, 0.3) is 22.4 Å². The lowest BCUT2D eigenvalue weighted by atomic mass is 10.2. The summed E-state index contributed by atoms with van der Waals surface area (Å²) in [6.07, 6.45) is 0. The Labute approximate surface area is 188 Å². The molecule has 0 aliphatic heterocycles. The van der Waals surface area contributed by atoms with E-state index < -0.39 is 5.91 Å². The fraction of sp³-hybridized carbons (Fsp3) is 0.190. The van der Waals surface area contributed by atoms with E-state index >= 15 is 0 Å². The number of aromatic nitrogens is 4. The highest BCUT2D eigenvalue weighted by Crippen LogP contribution is 2.33. The quantitative estimate of drug-likeness (QED) is 0.406. The van der Waals surface area contributed by atoms with Crippen LogP contribution in [0.3, 0.4) is 0 Å². The van der Waals surface area contributed by atoms with Gasteiger partial charge < -0.3 is 29.5 Å². The number of hydrogen-bond donors (Lipinski definition) is 2. The molecular formula is C21H20N6O4S. The molecule has 1 amide bonds. The topological polar surface area (TPSA) is 130 Å². The fourth-order valence-corrected chi connectivity index (χ4v) is 3.45. The molecule has 3 N–H and O–H groups in total. The summed E-state index contributed by atoms with van der Waals surface area (Å²) in [5.74, 6) is 1.10. The first-order chi connectivity index (χ1) is 15.5. The lowest BCUT2D eigenvalue weighted by Crippen LogP contribution is -2.28. The van der Waals surface area contributed by atoms with E-state index in [0.717, 1.165) is 5.56 Å². The molecule has 4 rings (SSSR count). The van der Waals surface area contributed by atoms with Gasteiger partial charge in [-0.1, -0.05) is 18.2 Å². The van der Waals surface area contributed by atoms with Gasteiger partial charge in [-0.3, -0.25) is 4.79 Å². The summed E-state index contributed by atoms with van der Waals surface area (Å²) in [6, 6.07) is 12.6. The Hall–Kier alpha value is -3.99. The highest BCUT2D eigenvalue weighted by atomic mass is 32.1. The van der Waals surface area contributed by atoms with Crippen molar-refractivity contribution in [1.82, 2.24) is 25.1 Å². The zero-order chi connectivity index (χ0) is 22.7. The molecule has 2 heterocycles. The number of nitrogens with two attached hydrogens (primary N) is 1. The second-order valence-electron chi connectivity index (χ2n) is 6.69. The molecule has 0 saturated carbocycles. The van der Waals surface area contributed by atoms with Crippen LogP contribution < -0.4 is 20.5 Å². The van der Waals surface area contributed by atoms with E-state index in [1.165, 1.54) is 0 Å². The van der Waals surface area contributed by atoms with Gasteiger partial charge in [-0.05, 0) is 30.4 Å². The van der Waals surface area contributed by atoms with Gasteiger partial charge in [0.15, 0.2) is 11.5 Å². The number of methoxy groups -OCH3 is 2. The molecule has 0 aliphatic rings. The highest BCUT2D eigenvalue weighted by Gasteiger charge is 2.16. The minimum Gasteiger partial charge on any atom is -0.493 e. The number of fused-ring (bicyclic) bond motifs is 1. The largest absolute Gasteiger partial charge is 0.493 e. The molecule has 164 valence electrons. The van der Waals surface area contributed by atoms with Crippen molar-refractivity contribution in [1.29, 1.82) is 0 Å². The van der Waals surface area contributed by atoms with Gasteiger partial charge >= 0.3 is 11.8 Å². The number of nitrogen functional groups attached to an aromatic ring is 1. The van der Waals surface area contributed by atoms with E-state index in [-0.39, 0.29) is 23.1 Å². The van der Waals surface area contributed by atoms with Crippen molar-refractivity contribution in [3.8, 4) is 23.0 Å². The Morgan fingerprint density at radius 1 is 1.16 bits per heavy atom. The summed E-state index contributed by atoms with van der Waals surface area (Å²) in [6.45, 7) is 0.522. The zero-order valence-electron chi connectivity index (χ0n) is 17.4. The number of anilines is 1. The van der Waals surface area contributed by atoms with Crippen LogP contribution in [0.5, 0.6) is 11.5 Å². The molecule has 4 aromatic rings. The fourth-order valence-electron chi connectivity index (χ4n) is 3.16. The Morgan fingerprint density at radius 2 is 1.88 bits per heavy atom. The van der Waals surface area contributed by atoms with Gasteiger partial charge in [-0.2, -0.15) is 0 Å². The number of rotatable bonds is 7. The third-order valence-electron chi connectivity index (χ3n) is 4.78. The summed E-state index contributed by atoms with van der Waals surface area (Å²) in [5, 5.41) is 11.1. The predicted octanol–water partition coefficient (Wildman–Crippen LogP) is 2.85. The summed E-state index contributed by atoms with van der Waals surface area (Å²) in [7, 11) is 3.08. The van der Waals surface area contributed by atoms with Crippen molar-refractivity contribution in [3.05, 3.63) is 53.1 Å². The molecule has 2 aromatic heterocycles. The number of carbonyl (C=O) groups excluding carboxylic acids is 1. The molecule has 10 nitrogen and oxygen atoms in total. The first kappa shape index (κ1) is 21.2. The van der Waals surface area contributed by atoms with Crippen LogP contribution in [0.15, 0.2) is 46.9 Å². The van der Waals surface area contributed by atoms with Gasteiger partial charge in [0, 0.05) is 30.1 Å². The van der Waals surface area contributed by atoms with E-state index in [4.69, 9.17) is 31.8 Å². The molecule has 0 aliphatic carbocycles. The first-order valence-corrected chi connectivity index (χ1v) is 10.0. The number of ether oxygens (including phenoxy) is 2. The van der Waals surface area contributed by atoms with E-state index in [1.807, 2.05) is 30.3 Å². The monoisotopic (exact) mass is 452 g/mol. The smallest absolute Gasteiger partial charge is 0.308 e. The average Bonchev–Trinajstić information content (AvgIpc) is 3.31. The Kier molecular flexibility index (Phi) is 5.99. The van der Waals surface area contributed by atoms with Crippen molar-refractivity contribution in [2.45, 2.75) is 6.54 Å². The first-order valence-electron chi connectivity index (χ1n) is 9.61. The molecule has 0 fully saturated rings. The number of hydrogen-bond acceptors (Lipinski definition) is 9. The minimum atomic E-state index is -0.495. The maximum Gasteiger partial charge on any atom is 0.308 e. The van der Waals surface area contributed by atoms with Crippen LogP contribution in [0.2, 0.25) is 0 Å². The van der Waals surface area contributed by atoms with Crippen molar-refractivity contribution in [2.24, 2.45) is 0 Å². The molecule has 2 aromatic carbocycles. The van der Waals surface area contributed by atoms with Gasteiger partial charge in [0.1, 0.15) is 5.82 Å². The molecule has 0 atom stereocenters. The van der Waals surface area contributed by atoms with Crippen molar-refractivity contribution in [3.63, 3.8) is 0 Å². The van der Waals surface area contributed by atoms with Gasteiger partial charge in [0.2, 0.25) is 10.7 Å². The summed E-state index contributed by atoms with van der Waals surface area (Å²) >= 11 is 5.38. The molecule has 32 heavy (non-hydrogen) atoms. The lowest BCUT2D eigenvalue weighted by Gasteiger charge is -2.15. The third-order valence-corrected chi connectivity index (χ3v) is 5.09. The summed E-state index contributed by atoms with van der Waals surface area (Å²) in [5.41, 5.74) is 7.65. The number of nitrogens with zero attached hydrogens (tertiary/aromatic N) is 4. The molecule has 0 saturated heterocycles. The standard InChI is InChI=1S/C21H20N6O4S/c1-29-15-10-13-14(11-16(15)30-2)24-21(32)27(17(13)22)9-8-23-18(28)20-26-25-19(31-20)12-6-4-3-5-7-12/h3-7,10-11H,8-9,22H2,1-2H3,(H,23,28). The molecule has 11 heteroatoms. The molecular weight excluding hydrogens is 432 g/mol. The van der Waals surface area contributed by atoms with Gasteiger partial charge in [0.25, 0.3) is 0 Å². The lowest BCUT2D eigenvalue weighted by molar-refractivity contribution is 0.0918. The zero-order valence-corrected chi connectivity index (χ0v) is 18.2. The Morgan fingerprint density at radius 3 is 2.59 bits per heavy atom. The van der Waals surface area contributed by atoms with Crippen LogP contribution in [0, 0.1) is 4.77 Å². The number of carbonyl (C=O) groups is 1. The normalized spacial score (nSPS) is 10.8. The minimum absolute atomic E-state index is 0.131. The molecule has 0 radical (unpaired) electrons. The van der Waals surface area contributed by atoms with E-state index in [9.17, 15) is 4.79 Å². The number of amides is 1. The molecule has 0 spiro atoms. The SMILES string of the molecule is COc1cc2nc(=S)n(CCNC(=O)c3nnc(-c4ccccc4)o3)c(N)c2cc1OC. The van der Waals surface area contributed by atoms with Gasteiger partial charge in [-0.15, -0.1) is 10.2 Å². The van der Waals surface area contributed by atoms with E-state index in [0.29, 0.717) is 34.8 Å². The maximum atomic E-state index is 12.4. The summed E-state index contributed by atoms with van der Waals surface area (Å²) in [4.78, 5) is 16.8. The van der Waals surface area contributed by atoms with Gasteiger partial charge in [0.05, 0.1) is 19.7 Å². The Bertz CT molecular complexity index is 1340. The number of nitrogens with one attached hydrogen (secondary N) is 1. The van der Waals surface area contributed by atoms with Crippen LogP contribution in [0.4, 0.5) is 5.82 Å². The van der Waals surface area contributed by atoms with E-state index in [2.05, 4.69) is 20.5 Å². The van der Waals surface area contributed by atoms with Crippen molar-refractivity contribution < 1.29 is 18.7 Å². The maximum absolute atomic E-state index is 12.4.